The lowest BCUT2D eigenvalue weighted by atomic mass is 9.78. The fraction of sp³-hybridized carbons (Fsp3) is 0.812. The van der Waals surface area contributed by atoms with Gasteiger partial charge in [0.1, 0.15) is 0 Å². The van der Waals surface area contributed by atoms with Gasteiger partial charge in [-0.25, -0.2) is 4.98 Å². The van der Waals surface area contributed by atoms with Crippen molar-refractivity contribution in [3.63, 3.8) is 0 Å². The van der Waals surface area contributed by atoms with Crippen molar-refractivity contribution in [2.45, 2.75) is 67.3 Å². The fourth-order valence-corrected chi connectivity index (χ4v) is 3.16. The molecule has 1 heterocycles. The van der Waals surface area contributed by atoms with Crippen molar-refractivity contribution < 1.29 is 0 Å². The first kappa shape index (κ1) is 16.6. The van der Waals surface area contributed by atoms with E-state index in [-0.39, 0.29) is 0 Å². The first-order valence-electron chi connectivity index (χ1n) is 7.40. The average molecular weight is 282 g/mol. The number of likely N-dealkylation sites (N-methyl/N-ethyl adjacent to an activating group) is 1. The molecule has 0 fully saturated rings. The van der Waals surface area contributed by atoms with Gasteiger partial charge in [-0.2, -0.15) is 0 Å². The molecule has 110 valence electrons. The Morgan fingerprint density at radius 3 is 2.32 bits per heavy atom. The summed E-state index contributed by atoms with van der Waals surface area (Å²) in [4.78, 5) is 6.04. The van der Waals surface area contributed by atoms with Crippen molar-refractivity contribution in [2.75, 3.05) is 6.54 Å². The Balaban J connectivity index is 2.67. The molecule has 0 aliphatic rings. The van der Waals surface area contributed by atoms with E-state index in [1.165, 1.54) is 22.0 Å². The maximum atomic E-state index is 4.68. The molecule has 0 bridgehead atoms. The fourth-order valence-electron chi connectivity index (χ4n) is 2.15. The summed E-state index contributed by atoms with van der Waals surface area (Å²) in [5.74, 6) is 0.707. The van der Waals surface area contributed by atoms with Crippen LogP contribution in [0.3, 0.4) is 0 Å². The monoisotopic (exact) mass is 282 g/mol. The largest absolute Gasteiger partial charge is 0.314 e. The van der Waals surface area contributed by atoms with E-state index in [1.54, 1.807) is 0 Å². The lowest BCUT2D eigenvalue weighted by molar-refractivity contribution is 0.222. The van der Waals surface area contributed by atoms with Gasteiger partial charge in [0.05, 0.1) is 10.7 Å². The van der Waals surface area contributed by atoms with E-state index in [4.69, 9.17) is 0 Å². The molecule has 3 heteroatoms. The van der Waals surface area contributed by atoms with Gasteiger partial charge in [-0.1, -0.05) is 34.6 Å². The molecule has 0 saturated carbocycles. The minimum absolute atomic E-state index is 0.377. The van der Waals surface area contributed by atoms with Crippen LogP contribution in [0, 0.1) is 25.2 Å². The molecule has 0 saturated heterocycles. The third-order valence-corrected chi connectivity index (χ3v) is 5.20. The molecule has 0 spiro atoms. The molecule has 1 rings (SSSR count). The van der Waals surface area contributed by atoms with Crippen molar-refractivity contribution in [3.05, 3.63) is 15.6 Å². The zero-order valence-electron chi connectivity index (χ0n) is 13.6. The van der Waals surface area contributed by atoms with Crippen LogP contribution in [0.15, 0.2) is 0 Å². The second kappa shape index (κ2) is 6.85. The molecule has 2 nitrogen and oxygen atoms in total. The molecule has 0 aliphatic carbocycles. The van der Waals surface area contributed by atoms with Gasteiger partial charge < -0.3 is 5.32 Å². The normalized spacial score (nSPS) is 15.5. The van der Waals surface area contributed by atoms with Crippen LogP contribution in [-0.2, 0) is 6.42 Å². The smallest absolute Gasteiger partial charge is 0.0946 e. The highest BCUT2D eigenvalue weighted by Gasteiger charge is 2.24. The van der Waals surface area contributed by atoms with Gasteiger partial charge in [0.15, 0.2) is 0 Å². The van der Waals surface area contributed by atoms with E-state index in [1.807, 2.05) is 11.3 Å². The molecule has 1 aromatic heterocycles. The summed E-state index contributed by atoms with van der Waals surface area (Å²) in [6, 6.07) is 0.546. The Labute approximate surface area is 123 Å². The standard InChI is InChI=1S/C16H30N2S/c1-8-17-14(9-11(2)16(5,6)7)10-15-18-12(3)13(4)19-15/h11,14,17H,8-10H2,1-7H3. The van der Waals surface area contributed by atoms with Gasteiger partial charge in [-0.15, -0.1) is 11.3 Å². The van der Waals surface area contributed by atoms with Crippen LogP contribution >= 0.6 is 11.3 Å². The van der Waals surface area contributed by atoms with Crippen molar-refractivity contribution >= 4 is 11.3 Å². The summed E-state index contributed by atoms with van der Waals surface area (Å²) < 4.78 is 0. The third kappa shape index (κ3) is 5.23. The van der Waals surface area contributed by atoms with E-state index in [2.05, 4.69) is 58.8 Å². The van der Waals surface area contributed by atoms with Gasteiger partial charge in [0, 0.05) is 17.3 Å². The summed E-state index contributed by atoms with van der Waals surface area (Å²) in [5, 5.41) is 4.91. The molecule has 2 atom stereocenters. The van der Waals surface area contributed by atoms with Crippen LogP contribution in [0.25, 0.3) is 0 Å². The van der Waals surface area contributed by atoms with Crippen LogP contribution in [-0.4, -0.2) is 17.6 Å². The topological polar surface area (TPSA) is 24.9 Å². The number of rotatable bonds is 6. The molecule has 0 aromatic carbocycles. The Morgan fingerprint density at radius 2 is 1.89 bits per heavy atom. The van der Waals surface area contributed by atoms with Crippen molar-refractivity contribution in [2.24, 2.45) is 11.3 Å². The summed E-state index contributed by atoms with van der Waals surface area (Å²) in [6.45, 7) is 16.8. The quantitative estimate of drug-likeness (QED) is 0.839. The number of aromatic nitrogens is 1. The van der Waals surface area contributed by atoms with Crippen LogP contribution in [0.4, 0.5) is 0 Å². The first-order valence-corrected chi connectivity index (χ1v) is 8.22. The zero-order valence-corrected chi connectivity index (χ0v) is 14.4. The molecule has 0 radical (unpaired) electrons. The Bertz CT molecular complexity index is 370. The third-order valence-electron chi connectivity index (χ3n) is 4.10. The molecule has 0 amide bonds. The van der Waals surface area contributed by atoms with E-state index in [0.29, 0.717) is 17.4 Å². The Morgan fingerprint density at radius 1 is 1.26 bits per heavy atom. The van der Waals surface area contributed by atoms with E-state index in [0.717, 1.165) is 13.0 Å². The average Bonchev–Trinajstić information content (AvgIpc) is 2.56. The summed E-state index contributed by atoms with van der Waals surface area (Å²) in [7, 11) is 0. The number of hydrogen-bond donors (Lipinski definition) is 1. The predicted octanol–water partition coefficient (Wildman–Crippen LogP) is 4.35. The van der Waals surface area contributed by atoms with Crippen LogP contribution in [0.5, 0.6) is 0 Å². The molecule has 19 heavy (non-hydrogen) atoms. The Hall–Kier alpha value is -0.410. The van der Waals surface area contributed by atoms with E-state index >= 15 is 0 Å². The van der Waals surface area contributed by atoms with Gasteiger partial charge in [0.25, 0.3) is 0 Å². The SMILES string of the molecule is CCNC(Cc1nc(C)c(C)s1)CC(C)C(C)(C)C. The van der Waals surface area contributed by atoms with E-state index in [9.17, 15) is 0 Å². The van der Waals surface area contributed by atoms with Crippen LogP contribution in [0.1, 0.15) is 56.6 Å². The summed E-state index contributed by atoms with van der Waals surface area (Å²) >= 11 is 1.85. The lowest BCUT2D eigenvalue weighted by Crippen LogP contribution is -2.35. The highest BCUT2D eigenvalue weighted by atomic mass is 32.1. The summed E-state index contributed by atoms with van der Waals surface area (Å²) in [5.41, 5.74) is 1.57. The molecular formula is C16H30N2S. The highest BCUT2D eigenvalue weighted by Crippen LogP contribution is 2.30. The molecular weight excluding hydrogens is 252 g/mol. The summed E-state index contributed by atoms with van der Waals surface area (Å²) in [6.07, 6.45) is 2.28. The van der Waals surface area contributed by atoms with Gasteiger partial charge in [-0.3, -0.25) is 0 Å². The minimum atomic E-state index is 0.377. The zero-order chi connectivity index (χ0) is 14.6. The second-order valence-corrected chi connectivity index (χ2v) is 8.00. The van der Waals surface area contributed by atoms with Crippen molar-refractivity contribution in [1.29, 1.82) is 0 Å². The Kier molecular flexibility index (Phi) is 6.00. The number of aryl methyl sites for hydroxylation is 2. The number of thiazole rings is 1. The maximum Gasteiger partial charge on any atom is 0.0946 e. The second-order valence-electron chi connectivity index (χ2n) is 6.71. The highest BCUT2D eigenvalue weighted by molar-refractivity contribution is 7.11. The molecule has 1 aromatic rings. The molecule has 1 N–H and O–H groups in total. The minimum Gasteiger partial charge on any atom is -0.314 e. The number of nitrogens with zero attached hydrogens (tertiary/aromatic N) is 1. The van der Waals surface area contributed by atoms with Crippen molar-refractivity contribution in [3.8, 4) is 0 Å². The van der Waals surface area contributed by atoms with Gasteiger partial charge >= 0.3 is 0 Å². The first-order chi connectivity index (χ1) is 8.74. The van der Waals surface area contributed by atoms with Crippen LogP contribution in [0.2, 0.25) is 0 Å². The van der Waals surface area contributed by atoms with Gasteiger partial charge in [0.2, 0.25) is 0 Å². The maximum absolute atomic E-state index is 4.68. The van der Waals surface area contributed by atoms with Crippen LogP contribution < -0.4 is 5.32 Å². The van der Waals surface area contributed by atoms with E-state index < -0.39 is 0 Å². The number of hydrogen-bond acceptors (Lipinski definition) is 3. The molecule has 2 unspecified atom stereocenters. The molecule has 0 aliphatic heterocycles. The van der Waals surface area contributed by atoms with Crippen molar-refractivity contribution in [1.82, 2.24) is 10.3 Å². The number of nitrogens with one attached hydrogen (secondary N) is 1. The predicted molar refractivity (Wildman–Crippen MR) is 86.0 cm³/mol. The van der Waals surface area contributed by atoms with Gasteiger partial charge in [-0.05, 0) is 38.1 Å². The lowest BCUT2D eigenvalue weighted by Gasteiger charge is -2.31.